The van der Waals surface area contributed by atoms with Crippen LogP contribution in [0.15, 0.2) is 0 Å². The Hall–Kier alpha value is -3.39. The summed E-state index contributed by atoms with van der Waals surface area (Å²) in [5.41, 5.74) is -2.17. The van der Waals surface area contributed by atoms with Crippen LogP contribution in [0.3, 0.4) is 0 Å². The molecule has 4 saturated heterocycles. The fraction of sp³-hybridized carbons (Fsp3) is 0.849. The van der Waals surface area contributed by atoms with Crippen molar-refractivity contribution in [2.24, 2.45) is 21.7 Å². The van der Waals surface area contributed by atoms with Crippen LogP contribution in [0, 0.1) is 21.7 Å². The normalized spacial score (nSPS) is 21.7. The van der Waals surface area contributed by atoms with Gasteiger partial charge in [-0.1, -0.05) is 27.7 Å². The van der Waals surface area contributed by atoms with E-state index in [2.05, 4.69) is 0 Å². The molecule has 0 radical (unpaired) electrons. The average molecular weight is 1160 g/mol. The molecule has 24 heteroatoms. The first-order valence-corrected chi connectivity index (χ1v) is 29.8. The summed E-state index contributed by atoms with van der Waals surface area (Å²) in [5.74, 6) is 1.52. The predicted molar refractivity (Wildman–Crippen MR) is 289 cm³/mol. The van der Waals surface area contributed by atoms with Crippen molar-refractivity contribution in [2.45, 2.75) is 178 Å². The number of thioether (sulfide) groups is 3. The van der Waals surface area contributed by atoms with Crippen LogP contribution < -0.4 is 0 Å². The van der Waals surface area contributed by atoms with Gasteiger partial charge >= 0.3 is 47.8 Å². The molecule has 0 aromatic carbocycles. The number of hydrogen-bond acceptors (Lipinski definition) is 24. The predicted octanol–water partition coefficient (Wildman–Crippen LogP) is 7.62. The molecule has 0 aliphatic carbocycles. The fourth-order valence-electron chi connectivity index (χ4n) is 5.38. The number of hydrogen-bond donors (Lipinski definition) is 0. The van der Waals surface area contributed by atoms with E-state index in [-0.39, 0.29) is 93.8 Å². The zero-order valence-electron chi connectivity index (χ0n) is 48.1. The maximum atomic E-state index is 11.7. The van der Waals surface area contributed by atoms with Gasteiger partial charge < -0.3 is 61.6 Å². The zero-order valence-corrected chi connectivity index (χ0v) is 50.6. The maximum Gasteiger partial charge on any atom is 0.346 e. The summed E-state index contributed by atoms with van der Waals surface area (Å²) in [7, 11) is 0. The van der Waals surface area contributed by atoms with Gasteiger partial charge in [0.1, 0.15) is 33.0 Å². The third kappa shape index (κ3) is 30.7. The summed E-state index contributed by atoms with van der Waals surface area (Å²) in [6.45, 7) is 27.6. The minimum atomic E-state index is -0.744. The van der Waals surface area contributed by atoms with Gasteiger partial charge in [-0.25, -0.2) is 4.79 Å². The molecule has 0 aromatic heterocycles. The lowest BCUT2D eigenvalue weighted by atomic mass is 9.91. The highest BCUT2D eigenvalue weighted by Crippen LogP contribution is 2.27. The smallest absolute Gasteiger partial charge is 0.346 e. The minimum absolute atomic E-state index is 0.0192. The van der Waals surface area contributed by atoms with Crippen LogP contribution in [0.25, 0.3) is 0 Å². The zero-order chi connectivity index (χ0) is 58.2. The van der Waals surface area contributed by atoms with E-state index in [0.29, 0.717) is 51.3 Å². The molecule has 77 heavy (non-hydrogen) atoms. The second-order valence-electron chi connectivity index (χ2n) is 20.6. The first-order chi connectivity index (χ1) is 36.1. The van der Waals surface area contributed by atoms with E-state index in [4.69, 9.17) is 61.6 Å². The largest absolute Gasteiger partial charge is 0.465 e. The highest BCUT2D eigenvalue weighted by atomic mass is 32.2. The molecule has 4 aliphatic rings. The van der Waals surface area contributed by atoms with Gasteiger partial charge in [0.2, 0.25) is 18.9 Å². The van der Waals surface area contributed by atoms with Crippen LogP contribution in [0.5, 0.6) is 0 Å². The van der Waals surface area contributed by atoms with E-state index >= 15 is 0 Å². The van der Waals surface area contributed by atoms with Gasteiger partial charge in [-0.05, 0) is 94.9 Å². The maximum absolute atomic E-state index is 11.7. The van der Waals surface area contributed by atoms with E-state index in [1.165, 1.54) is 0 Å². The third-order valence-electron chi connectivity index (χ3n) is 12.6. The van der Waals surface area contributed by atoms with Crippen LogP contribution in [0.2, 0.25) is 0 Å². The second kappa shape index (κ2) is 37.5. The molecule has 0 bridgehead atoms. The lowest BCUT2D eigenvalue weighted by Crippen LogP contribution is -2.43. The van der Waals surface area contributed by atoms with Gasteiger partial charge in [-0.15, -0.1) is 11.8 Å². The van der Waals surface area contributed by atoms with E-state index in [1.807, 2.05) is 69.2 Å². The summed E-state index contributed by atoms with van der Waals surface area (Å²) in [5, 5.41) is 0. The molecule has 4 fully saturated rings. The van der Waals surface area contributed by atoms with Crippen LogP contribution in [0.1, 0.15) is 142 Å². The van der Waals surface area contributed by atoms with Crippen molar-refractivity contribution in [3.05, 3.63) is 0 Å². The molecule has 0 N–H and O–H groups in total. The molecular weight excluding hydrogens is 1070 g/mol. The fourth-order valence-corrected chi connectivity index (χ4v) is 8.51. The number of carbonyl (C=O) groups excluding carboxylic acids is 8. The molecule has 0 amide bonds. The van der Waals surface area contributed by atoms with Gasteiger partial charge in [0.15, 0.2) is 12.0 Å². The van der Waals surface area contributed by atoms with Crippen LogP contribution in [0.4, 0.5) is 0 Å². The topological polar surface area (TPSA) is 257 Å². The Morgan fingerprint density at radius 2 is 0.896 bits per heavy atom. The van der Waals surface area contributed by atoms with Crippen molar-refractivity contribution in [3.63, 3.8) is 0 Å². The summed E-state index contributed by atoms with van der Waals surface area (Å²) < 4.78 is 67.0. The summed E-state index contributed by atoms with van der Waals surface area (Å²) >= 11 is 5.16. The molecule has 0 aromatic rings. The van der Waals surface area contributed by atoms with Gasteiger partial charge in [-0.3, -0.25) is 33.6 Å². The standard InChI is InChI=1S/C14H24O6.C13H22O6.C13H22O5S.C13H22O4S2/c1-6-14(4,5)13(16)18-7-11(15)20-12-8-17-9(2)10(3)19-12;1-4-13(2,3)12(15)18-6-5-10(14)19-11-9-16-7-8-17-11;1-4-13(2,3)12(15)17-6-5-10(14)18-11-9-19-8-7-16-11;1-4-13(2,3)12(15)16-6-5-10(14)17-11-9-18-7-8-19-11/h9-10,12H,6-8H2,1-5H3;3*11H,4-9H2,1-3H3. The van der Waals surface area contributed by atoms with Crippen molar-refractivity contribution in [1.82, 2.24) is 0 Å². The Bertz CT molecular complexity index is 1640. The van der Waals surface area contributed by atoms with Gasteiger partial charge in [0.05, 0.1) is 78.7 Å². The van der Waals surface area contributed by atoms with Crippen molar-refractivity contribution >= 4 is 83.0 Å². The summed E-state index contributed by atoms with van der Waals surface area (Å²) in [6, 6.07) is 0. The van der Waals surface area contributed by atoms with Gasteiger partial charge in [0, 0.05) is 23.0 Å². The Morgan fingerprint density at radius 3 is 1.31 bits per heavy atom. The van der Waals surface area contributed by atoms with Crippen molar-refractivity contribution in [1.29, 1.82) is 0 Å². The van der Waals surface area contributed by atoms with E-state index in [0.717, 1.165) is 23.0 Å². The SMILES string of the molecule is CCC(C)(C)C(=O)OCC(=O)OC1COC(C)C(C)O1.CCC(C)(C)C(=O)OCCC(=O)OC1COCCO1.CCC(C)(C)C(=O)OCCC(=O)OC1CSCCO1.CCC(C)(C)C(=O)OCCC(=O)OC1CSCCS1. The molecule has 0 saturated carbocycles. The molecule has 21 nitrogen and oxygen atoms in total. The lowest BCUT2D eigenvalue weighted by molar-refractivity contribution is -0.254. The molecule has 446 valence electrons. The molecule has 4 aliphatic heterocycles. The quantitative estimate of drug-likeness (QED) is 0.0704. The number of rotatable bonds is 23. The van der Waals surface area contributed by atoms with Crippen molar-refractivity contribution < 1.29 is 99.9 Å². The number of carbonyl (C=O) groups is 8. The third-order valence-corrected chi connectivity index (χ3v) is 16.2. The van der Waals surface area contributed by atoms with Gasteiger partial charge in [-0.2, -0.15) is 23.5 Å². The molecule has 0 spiro atoms. The Kier molecular flexibility index (Phi) is 34.9. The van der Waals surface area contributed by atoms with E-state index in [1.54, 1.807) is 63.0 Å². The molecule has 6 unspecified atom stereocenters. The van der Waals surface area contributed by atoms with E-state index in [9.17, 15) is 38.4 Å². The monoisotopic (exact) mass is 1160 g/mol. The lowest BCUT2D eigenvalue weighted by Gasteiger charge is -2.32. The molecular formula is C53H90O21S3. The number of esters is 8. The Morgan fingerprint density at radius 1 is 0.455 bits per heavy atom. The summed E-state index contributed by atoms with van der Waals surface area (Å²) in [6.07, 6.45) is 0.907. The highest BCUT2D eigenvalue weighted by molar-refractivity contribution is 8.06. The van der Waals surface area contributed by atoms with Crippen molar-refractivity contribution in [2.75, 3.05) is 88.2 Å². The highest BCUT2D eigenvalue weighted by Gasteiger charge is 2.33. The first kappa shape index (κ1) is 71.6. The van der Waals surface area contributed by atoms with E-state index < -0.39 is 71.0 Å². The molecule has 4 heterocycles. The molecule has 4 rings (SSSR count). The Balaban J connectivity index is 0.000000513. The molecule has 6 atom stereocenters. The second-order valence-corrected chi connectivity index (χ2v) is 24.1. The first-order valence-electron chi connectivity index (χ1n) is 26.4. The average Bonchev–Trinajstić information content (AvgIpc) is 3.40. The van der Waals surface area contributed by atoms with Crippen LogP contribution in [-0.2, 0) is 99.9 Å². The number of ether oxygens (including phenoxy) is 13. The summed E-state index contributed by atoms with van der Waals surface area (Å²) in [4.78, 5) is 92.8. The van der Waals surface area contributed by atoms with Gasteiger partial charge in [0.25, 0.3) is 0 Å². The van der Waals surface area contributed by atoms with Crippen molar-refractivity contribution in [3.8, 4) is 0 Å². The van der Waals surface area contributed by atoms with Crippen LogP contribution >= 0.6 is 35.3 Å². The van der Waals surface area contributed by atoms with Crippen LogP contribution in [-0.4, -0.2) is 172 Å². The minimum Gasteiger partial charge on any atom is -0.465 e. The Labute approximate surface area is 469 Å².